The Morgan fingerprint density at radius 1 is 0.805 bits per heavy atom. The number of carbonyl (C=O) groups is 2. The molecule has 0 aliphatic rings. The molecule has 0 unspecified atom stereocenters. The number of hydrogen-bond acceptors (Lipinski definition) is 5. The number of ether oxygens (including phenoxy) is 2. The Kier molecular flexibility index (Phi) is 14.1. The summed E-state index contributed by atoms with van der Waals surface area (Å²) in [4.78, 5) is 29.2. The van der Waals surface area contributed by atoms with Gasteiger partial charge in [0.15, 0.2) is 0 Å². The average Bonchev–Trinajstić information content (AvgIpc) is 2.97. The lowest BCUT2D eigenvalue weighted by Crippen LogP contribution is -2.35. The predicted molar refractivity (Wildman–Crippen MR) is 169 cm³/mol. The summed E-state index contributed by atoms with van der Waals surface area (Å²) >= 11 is 1.63. The van der Waals surface area contributed by atoms with Crippen molar-refractivity contribution in [2.75, 3.05) is 30.0 Å². The Hall–Kier alpha value is -3.45. The first kappa shape index (κ1) is 32.1. The molecule has 3 rings (SSSR count). The molecule has 0 radical (unpaired) electrons. The van der Waals surface area contributed by atoms with Crippen molar-refractivity contribution < 1.29 is 19.1 Å². The van der Waals surface area contributed by atoms with Crippen LogP contribution >= 0.6 is 11.8 Å². The third-order valence-electron chi connectivity index (χ3n) is 6.54. The van der Waals surface area contributed by atoms with E-state index in [1.165, 1.54) is 19.3 Å². The number of urea groups is 1. The molecule has 0 saturated heterocycles. The molecule has 2 amide bonds. The largest absolute Gasteiger partial charge is 0.494 e. The van der Waals surface area contributed by atoms with Gasteiger partial charge in [0.25, 0.3) is 0 Å². The van der Waals surface area contributed by atoms with Gasteiger partial charge in [0.05, 0.1) is 19.6 Å². The lowest BCUT2D eigenvalue weighted by atomic mass is 10.1. The van der Waals surface area contributed by atoms with E-state index < -0.39 is 0 Å². The molecule has 0 aliphatic heterocycles. The monoisotopic (exact) mass is 576 g/mol. The normalized spacial score (nSPS) is 10.7. The van der Waals surface area contributed by atoms with E-state index in [1.807, 2.05) is 72.5 Å². The number of carbonyl (C=O) groups excluding carboxylic acids is 2. The molecule has 3 aromatic rings. The molecule has 0 aliphatic carbocycles. The van der Waals surface area contributed by atoms with Crippen LogP contribution in [-0.4, -0.2) is 31.8 Å². The zero-order chi connectivity index (χ0) is 29.3. The number of benzene rings is 3. The fraction of sp³-hybridized carbons (Fsp3) is 0.412. The van der Waals surface area contributed by atoms with Crippen LogP contribution in [-0.2, 0) is 16.0 Å². The van der Waals surface area contributed by atoms with E-state index in [2.05, 4.69) is 31.3 Å². The topological polar surface area (TPSA) is 67.9 Å². The molecule has 0 atom stereocenters. The van der Waals surface area contributed by atoms with Gasteiger partial charge in [-0.3, -0.25) is 9.69 Å². The van der Waals surface area contributed by atoms with Crippen LogP contribution in [0.2, 0.25) is 0 Å². The van der Waals surface area contributed by atoms with Gasteiger partial charge in [0.2, 0.25) is 0 Å². The van der Waals surface area contributed by atoms with Crippen molar-refractivity contribution >= 4 is 35.1 Å². The van der Waals surface area contributed by atoms with Crippen molar-refractivity contribution in [3.63, 3.8) is 0 Å². The maximum absolute atomic E-state index is 13.5. The second-order valence-electron chi connectivity index (χ2n) is 9.95. The van der Waals surface area contributed by atoms with Gasteiger partial charge in [-0.25, -0.2) is 4.79 Å². The smallest absolute Gasteiger partial charge is 0.326 e. The van der Waals surface area contributed by atoms with Crippen LogP contribution in [0.3, 0.4) is 0 Å². The first-order valence-electron chi connectivity index (χ1n) is 14.9. The highest BCUT2D eigenvalue weighted by molar-refractivity contribution is 7.99. The van der Waals surface area contributed by atoms with E-state index in [1.54, 1.807) is 11.8 Å². The van der Waals surface area contributed by atoms with Gasteiger partial charge >= 0.3 is 12.0 Å². The third kappa shape index (κ3) is 11.5. The third-order valence-corrected chi connectivity index (χ3v) is 7.54. The van der Waals surface area contributed by atoms with E-state index >= 15 is 0 Å². The summed E-state index contributed by atoms with van der Waals surface area (Å²) in [5, 5.41) is 3.07. The Labute approximate surface area is 249 Å². The van der Waals surface area contributed by atoms with E-state index in [4.69, 9.17) is 9.47 Å². The molecule has 41 heavy (non-hydrogen) atoms. The molecular weight excluding hydrogens is 532 g/mol. The van der Waals surface area contributed by atoms with Gasteiger partial charge in [-0.1, -0.05) is 75.9 Å². The molecule has 6 nitrogen and oxygen atoms in total. The minimum absolute atomic E-state index is 0.148. The van der Waals surface area contributed by atoms with Gasteiger partial charge in [-0.05, 0) is 79.9 Å². The summed E-state index contributed by atoms with van der Waals surface area (Å²) in [5.41, 5.74) is 2.52. The number of esters is 1. The Morgan fingerprint density at radius 2 is 1.54 bits per heavy atom. The van der Waals surface area contributed by atoms with Crippen molar-refractivity contribution in [3.05, 3.63) is 78.4 Å². The molecule has 3 aromatic carbocycles. The summed E-state index contributed by atoms with van der Waals surface area (Å²) in [7, 11) is 0. The quantitative estimate of drug-likeness (QED) is 0.128. The number of rotatable bonds is 17. The zero-order valence-corrected chi connectivity index (χ0v) is 25.5. The Morgan fingerprint density at radius 3 is 2.24 bits per heavy atom. The lowest BCUT2D eigenvalue weighted by molar-refractivity contribution is -0.142. The zero-order valence-electron chi connectivity index (χ0n) is 24.7. The molecule has 0 heterocycles. The molecule has 0 spiro atoms. The number of nitrogens with zero attached hydrogens (tertiary/aromatic N) is 1. The first-order valence-corrected chi connectivity index (χ1v) is 15.7. The van der Waals surface area contributed by atoms with Gasteiger partial charge in [-0.2, -0.15) is 0 Å². The van der Waals surface area contributed by atoms with Gasteiger partial charge in [0.1, 0.15) is 5.75 Å². The maximum atomic E-state index is 13.5. The molecule has 0 fully saturated rings. The van der Waals surface area contributed by atoms with Crippen molar-refractivity contribution in [1.82, 2.24) is 0 Å². The van der Waals surface area contributed by atoms with Gasteiger partial charge in [0, 0.05) is 27.7 Å². The van der Waals surface area contributed by atoms with Crippen molar-refractivity contribution in [2.45, 2.75) is 81.9 Å². The average molecular weight is 577 g/mol. The molecule has 220 valence electrons. The van der Waals surface area contributed by atoms with Crippen molar-refractivity contribution in [2.24, 2.45) is 0 Å². The van der Waals surface area contributed by atoms with E-state index in [0.717, 1.165) is 58.2 Å². The highest BCUT2D eigenvalue weighted by Gasteiger charge is 2.17. The fourth-order valence-corrected chi connectivity index (χ4v) is 5.16. The molecular formula is C34H44N2O4S. The van der Waals surface area contributed by atoms with Crippen LogP contribution in [0.15, 0.2) is 82.6 Å². The number of nitrogens with one attached hydrogen (secondary N) is 1. The van der Waals surface area contributed by atoms with Crippen LogP contribution in [0.5, 0.6) is 5.75 Å². The van der Waals surface area contributed by atoms with Crippen molar-refractivity contribution in [3.8, 4) is 5.75 Å². The van der Waals surface area contributed by atoms with Crippen LogP contribution in [0.1, 0.15) is 71.3 Å². The van der Waals surface area contributed by atoms with Crippen LogP contribution < -0.4 is 15.0 Å². The van der Waals surface area contributed by atoms with Crippen LogP contribution in [0.25, 0.3) is 0 Å². The molecule has 0 saturated carbocycles. The van der Waals surface area contributed by atoms with Crippen molar-refractivity contribution in [1.29, 1.82) is 0 Å². The van der Waals surface area contributed by atoms with E-state index in [0.29, 0.717) is 19.8 Å². The Bertz CT molecular complexity index is 1200. The highest BCUT2D eigenvalue weighted by atomic mass is 32.2. The van der Waals surface area contributed by atoms with Crippen LogP contribution in [0, 0.1) is 0 Å². The minimum Gasteiger partial charge on any atom is -0.494 e. The SMILES string of the molecule is CCCCCCCN(C(=O)Nc1ccc(OCCCC)cc1)c1cccc(Sc2ccc(CC(=O)OCC)cc2)c1. The molecule has 1 N–H and O–H groups in total. The standard InChI is InChI=1S/C34H44N2O4S/c1-4-7-9-10-11-23-36(34(38)35-28-17-19-30(20-18-28)40-24-8-5-2)29-13-12-14-32(26-29)41-31-21-15-27(16-22-31)25-33(37)39-6-3/h12-22,26H,4-11,23-25H2,1-3H3,(H,35,38). The highest BCUT2D eigenvalue weighted by Crippen LogP contribution is 2.31. The minimum atomic E-state index is -0.218. The van der Waals surface area contributed by atoms with Crippen LogP contribution in [0.4, 0.5) is 16.2 Å². The number of unbranched alkanes of at least 4 members (excludes halogenated alkanes) is 5. The molecule has 0 bridgehead atoms. The second-order valence-corrected chi connectivity index (χ2v) is 11.1. The second kappa shape index (κ2) is 18.1. The maximum Gasteiger partial charge on any atom is 0.326 e. The lowest BCUT2D eigenvalue weighted by Gasteiger charge is -2.24. The van der Waals surface area contributed by atoms with E-state index in [9.17, 15) is 9.59 Å². The Balaban J connectivity index is 1.69. The fourth-order valence-electron chi connectivity index (χ4n) is 4.29. The first-order chi connectivity index (χ1) is 20.0. The molecule has 0 aromatic heterocycles. The van der Waals surface area contributed by atoms with Gasteiger partial charge < -0.3 is 14.8 Å². The summed E-state index contributed by atoms with van der Waals surface area (Å²) < 4.78 is 10.8. The summed E-state index contributed by atoms with van der Waals surface area (Å²) in [6.45, 7) is 7.88. The molecule has 7 heteroatoms. The summed E-state index contributed by atoms with van der Waals surface area (Å²) in [6.07, 6.45) is 7.98. The number of hydrogen-bond donors (Lipinski definition) is 1. The van der Waals surface area contributed by atoms with E-state index in [-0.39, 0.29) is 18.4 Å². The predicted octanol–water partition coefficient (Wildman–Crippen LogP) is 9.13. The summed E-state index contributed by atoms with van der Waals surface area (Å²) in [6, 6.07) is 23.5. The number of amides is 2. The summed E-state index contributed by atoms with van der Waals surface area (Å²) in [5.74, 6) is 0.591. The number of anilines is 2. The van der Waals surface area contributed by atoms with Gasteiger partial charge in [-0.15, -0.1) is 0 Å².